The highest BCUT2D eigenvalue weighted by Crippen LogP contribution is 2.21. The summed E-state index contributed by atoms with van der Waals surface area (Å²) in [6.07, 6.45) is 0. The lowest BCUT2D eigenvalue weighted by Gasteiger charge is -2.10. The third kappa shape index (κ3) is 3.90. The number of nitrogens with one attached hydrogen (secondary N) is 1. The molecular weight excluding hydrogens is 258 g/mol. The van der Waals surface area contributed by atoms with Gasteiger partial charge < -0.3 is 10.1 Å². The number of rotatable bonds is 5. The molecule has 0 aliphatic carbocycles. The van der Waals surface area contributed by atoms with E-state index in [4.69, 9.17) is 16.3 Å². The van der Waals surface area contributed by atoms with Crippen LogP contribution in [0.2, 0.25) is 5.02 Å². The number of halogens is 1. The van der Waals surface area contributed by atoms with Crippen molar-refractivity contribution in [1.82, 2.24) is 0 Å². The first-order chi connectivity index (χ1) is 9.19. The Labute approximate surface area is 119 Å². The minimum absolute atomic E-state index is 0.674. The maximum Gasteiger partial charge on any atom is 0.121 e. The Kier molecular flexibility index (Phi) is 4.69. The van der Waals surface area contributed by atoms with Gasteiger partial charge in [0.2, 0.25) is 0 Å². The summed E-state index contributed by atoms with van der Waals surface area (Å²) in [4.78, 5) is 0. The average Bonchev–Trinajstić information content (AvgIpc) is 2.38. The molecule has 0 unspecified atom stereocenters. The molecule has 0 aliphatic heterocycles. The maximum atomic E-state index is 6.21. The Morgan fingerprint density at radius 3 is 2.74 bits per heavy atom. The van der Waals surface area contributed by atoms with Crippen molar-refractivity contribution in [3.05, 3.63) is 58.6 Å². The lowest BCUT2D eigenvalue weighted by atomic mass is 10.1. The number of hydrogen-bond donors (Lipinski definition) is 1. The van der Waals surface area contributed by atoms with Crippen LogP contribution in [-0.2, 0) is 6.54 Å². The fourth-order valence-corrected chi connectivity index (χ4v) is 2.16. The quantitative estimate of drug-likeness (QED) is 0.857. The smallest absolute Gasteiger partial charge is 0.121 e. The van der Waals surface area contributed by atoms with Crippen molar-refractivity contribution in [2.45, 2.75) is 20.4 Å². The molecule has 0 aliphatic rings. The summed E-state index contributed by atoms with van der Waals surface area (Å²) in [5, 5.41) is 4.16. The van der Waals surface area contributed by atoms with E-state index in [1.165, 1.54) is 5.56 Å². The number of aryl methyl sites for hydroxylation is 1. The molecular formula is C16H18ClNO. The topological polar surface area (TPSA) is 21.3 Å². The van der Waals surface area contributed by atoms with E-state index in [1.54, 1.807) is 0 Å². The third-order valence-electron chi connectivity index (χ3n) is 2.84. The van der Waals surface area contributed by atoms with Crippen LogP contribution >= 0.6 is 11.6 Å². The van der Waals surface area contributed by atoms with Gasteiger partial charge in [0.1, 0.15) is 5.75 Å². The van der Waals surface area contributed by atoms with E-state index in [1.807, 2.05) is 44.2 Å². The second kappa shape index (κ2) is 6.48. The maximum absolute atomic E-state index is 6.21. The highest BCUT2D eigenvalue weighted by atomic mass is 35.5. The third-order valence-corrected chi connectivity index (χ3v) is 3.19. The molecule has 2 nitrogen and oxygen atoms in total. The number of hydrogen-bond acceptors (Lipinski definition) is 2. The van der Waals surface area contributed by atoms with Crippen molar-refractivity contribution in [2.24, 2.45) is 0 Å². The van der Waals surface area contributed by atoms with Gasteiger partial charge in [-0.3, -0.25) is 0 Å². The Bertz CT molecular complexity index is 554. The van der Waals surface area contributed by atoms with Gasteiger partial charge >= 0.3 is 0 Å². The van der Waals surface area contributed by atoms with Crippen molar-refractivity contribution in [3.63, 3.8) is 0 Å². The molecule has 2 rings (SSSR count). The average molecular weight is 276 g/mol. The van der Waals surface area contributed by atoms with Gasteiger partial charge in [0.05, 0.1) is 6.61 Å². The summed E-state index contributed by atoms with van der Waals surface area (Å²) in [7, 11) is 0. The fraction of sp³-hybridized carbons (Fsp3) is 0.250. The first-order valence-electron chi connectivity index (χ1n) is 6.41. The summed E-state index contributed by atoms with van der Waals surface area (Å²) < 4.78 is 5.47. The predicted octanol–water partition coefficient (Wildman–Crippen LogP) is 4.66. The zero-order valence-corrected chi connectivity index (χ0v) is 12.0. The molecule has 19 heavy (non-hydrogen) atoms. The van der Waals surface area contributed by atoms with Crippen LogP contribution in [0.3, 0.4) is 0 Å². The first-order valence-corrected chi connectivity index (χ1v) is 6.78. The summed E-state index contributed by atoms with van der Waals surface area (Å²) in [6, 6.07) is 14.0. The van der Waals surface area contributed by atoms with E-state index in [0.29, 0.717) is 13.2 Å². The molecule has 0 atom stereocenters. The molecule has 0 bridgehead atoms. The van der Waals surface area contributed by atoms with Crippen molar-refractivity contribution >= 4 is 17.3 Å². The predicted molar refractivity (Wildman–Crippen MR) is 81.1 cm³/mol. The van der Waals surface area contributed by atoms with Crippen LogP contribution in [0, 0.1) is 6.92 Å². The summed E-state index contributed by atoms with van der Waals surface area (Å²) in [5.74, 6) is 0.877. The van der Waals surface area contributed by atoms with Crippen LogP contribution in [-0.4, -0.2) is 6.61 Å². The molecule has 3 heteroatoms. The van der Waals surface area contributed by atoms with Crippen molar-refractivity contribution < 1.29 is 4.74 Å². The van der Waals surface area contributed by atoms with E-state index in [0.717, 1.165) is 22.0 Å². The lowest BCUT2D eigenvalue weighted by molar-refractivity contribution is 0.340. The molecule has 0 amide bonds. The highest BCUT2D eigenvalue weighted by Gasteiger charge is 2.01. The molecule has 0 saturated carbocycles. The second-order valence-electron chi connectivity index (χ2n) is 4.41. The molecule has 2 aromatic rings. The molecule has 100 valence electrons. The van der Waals surface area contributed by atoms with Crippen molar-refractivity contribution in [3.8, 4) is 5.75 Å². The number of anilines is 1. The minimum Gasteiger partial charge on any atom is -0.494 e. The first kappa shape index (κ1) is 13.8. The molecule has 0 saturated heterocycles. The van der Waals surface area contributed by atoms with E-state index in [2.05, 4.69) is 17.4 Å². The van der Waals surface area contributed by atoms with Gasteiger partial charge in [-0.2, -0.15) is 0 Å². The van der Waals surface area contributed by atoms with Gasteiger partial charge in [-0.25, -0.2) is 0 Å². The Morgan fingerprint density at radius 1 is 1.16 bits per heavy atom. The van der Waals surface area contributed by atoms with Crippen LogP contribution in [0.25, 0.3) is 0 Å². The number of benzene rings is 2. The Morgan fingerprint density at radius 2 is 2.00 bits per heavy atom. The fourth-order valence-electron chi connectivity index (χ4n) is 1.86. The van der Waals surface area contributed by atoms with Crippen LogP contribution in [0.15, 0.2) is 42.5 Å². The molecule has 0 heterocycles. The zero-order valence-electron chi connectivity index (χ0n) is 11.2. The SMILES string of the molecule is CCOc1cccc(NCc2ccc(C)cc2Cl)c1. The standard InChI is InChI=1S/C16H18ClNO/c1-3-19-15-6-4-5-14(10-15)18-11-13-8-7-12(2)9-16(13)17/h4-10,18H,3,11H2,1-2H3. The van der Waals surface area contributed by atoms with E-state index < -0.39 is 0 Å². The molecule has 0 fully saturated rings. The van der Waals surface area contributed by atoms with E-state index in [-0.39, 0.29) is 0 Å². The van der Waals surface area contributed by atoms with Crippen LogP contribution in [0.4, 0.5) is 5.69 Å². The normalized spacial score (nSPS) is 10.3. The van der Waals surface area contributed by atoms with Gasteiger partial charge in [-0.15, -0.1) is 0 Å². The second-order valence-corrected chi connectivity index (χ2v) is 4.82. The summed E-state index contributed by atoms with van der Waals surface area (Å²) in [5.41, 5.74) is 3.30. The van der Waals surface area contributed by atoms with E-state index in [9.17, 15) is 0 Å². The summed E-state index contributed by atoms with van der Waals surface area (Å²) >= 11 is 6.21. The largest absolute Gasteiger partial charge is 0.494 e. The van der Waals surface area contributed by atoms with Gasteiger partial charge in [0.15, 0.2) is 0 Å². The van der Waals surface area contributed by atoms with Gasteiger partial charge in [-0.1, -0.05) is 29.8 Å². The summed E-state index contributed by atoms with van der Waals surface area (Å²) in [6.45, 7) is 5.39. The van der Waals surface area contributed by atoms with Crippen LogP contribution in [0.1, 0.15) is 18.1 Å². The molecule has 0 aromatic heterocycles. The van der Waals surface area contributed by atoms with Crippen LogP contribution in [0.5, 0.6) is 5.75 Å². The highest BCUT2D eigenvalue weighted by molar-refractivity contribution is 6.31. The minimum atomic E-state index is 0.674. The number of ether oxygens (including phenoxy) is 1. The van der Waals surface area contributed by atoms with Crippen LogP contribution < -0.4 is 10.1 Å². The van der Waals surface area contributed by atoms with Gasteiger partial charge in [0.25, 0.3) is 0 Å². The molecule has 2 aromatic carbocycles. The molecule has 1 N–H and O–H groups in total. The molecule has 0 radical (unpaired) electrons. The van der Waals surface area contributed by atoms with Crippen molar-refractivity contribution in [1.29, 1.82) is 0 Å². The van der Waals surface area contributed by atoms with E-state index >= 15 is 0 Å². The van der Waals surface area contributed by atoms with Gasteiger partial charge in [0, 0.05) is 23.3 Å². The molecule has 0 spiro atoms. The van der Waals surface area contributed by atoms with Crippen molar-refractivity contribution in [2.75, 3.05) is 11.9 Å². The zero-order chi connectivity index (χ0) is 13.7. The lowest BCUT2D eigenvalue weighted by Crippen LogP contribution is -2.01. The Balaban J connectivity index is 2.03. The van der Waals surface area contributed by atoms with Gasteiger partial charge in [-0.05, 0) is 43.2 Å². The monoisotopic (exact) mass is 275 g/mol. The Hall–Kier alpha value is -1.67.